The van der Waals surface area contributed by atoms with E-state index in [1.54, 1.807) is 18.0 Å². The van der Waals surface area contributed by atoms with Crippen molar-refractivity contribution in [3.63, 3.8) is 0 Å². The summed E-state index contributed by atoms with van der Waals surface area (Å²) in [6.45, 7) is 3.54. The van der Waals surface area contributed by atoms with Crippen molar-refractivity contribution in [3.05, 3.63) is 64.5 Å². The molecule has 4 aromatic rings. The summed E-state index contributed by atoms with van der Waals surface area (Å²) in [6.07, 6.45) is 7.26. The van der Waals surface area contributed by atoms with Crippen molar-refractivity contribution in [3.8, 4) is 5.75 Å². The molecule has 0 amide bonds. The first-order valence-electron chi connectivity index (χ1n) is 10.3. The van der Waals surface area contributed by atoms with E-state index in [1.807, 2.05) is 30.5 Å². The van der Waals surface area contributed by atoms with Crippen LogP contribution in [-0.4, -0.2) is 44.3 Å². The van der Waals surface area contributed by atoms with Gasteiger partial charge in [0.05, 0.1) is 19.0 Å². The summed E-state index contributed by atoms with van der Waals surface area (Å²) in [5.41, 5.74) is 3.26. The first-order valence-corrected chi connectivity index (χ1v) is 10.3. The predicted molar refractivity (Wildman–Crippen MR) is 113 cm³/mol. The Hall–Kier alpha value is -3.26. The molecule has 1 aromatic carbocycles. The van der Waals surface area contributed by atoms with Crippen molar-refractivity contribution in [2.45, 2.75) is 32.4 Å². The van der Waals surface area contributed by atoms with Crippen molar-refractivity contribution >= 4 is 16.7 Å². The third kappa shape index (κ3) is 3.43. The van der Waals surface area contributed by atoms with E-state index >= 15 is 0 Å². The van der Waals surface area contributed by atoms with Crippen LogP contribution in [-0.2, 0) is 13.1 Å². The molecule has 0 spiro atoms. The molecule has 1 saturated heterocycles. The smallest absolute Gasteiger partial charge is 0.425 e. The molecule has 3 aromatic heterocycles. The molecular weight excluding hydrogens is 380 g/mol. The molecular formula is C22H25N6O2+. The molecule has 154 valence electrons. The molecule has 1 N–H and O–H groups in total. The molecule has 0 unspecified atom stereocenters. The molecule has 8 heteroatoms. The Morgan fingerprint density at radius 1 is 1.07 bits per heavy atom. The van der Waals surface area contributed by atoms with Gasteiger partial charge in [0, 0.05) is 17.8 Å². The van der Waals surface area contributed by atoms with Gasteiger partial charge < -0.3 is 4.74 Å². The topological polar surface area (TPSA) is 78.8 Å². The molecule has 0 radical (unpaired) electrons. The number of methoxy groups -OCH3 is 1. The molecule has 0 bridgehead atoms. The second-order valence-electron chi connectivity index (χ2n) is 7.82. The summed E-state index contributed by atoms with van der Waals surface area (Å²) >= 11 is 0. The molecule has 1 fully saturated rings. The normalized spacial score (nSPS) is 15.1. The van der Waals surface area contributed by atoms with Crippen molar-refractivity contribution in [1.29, 1.82) is 0 Å². The van der Waals surface area contributed by atoms with Crippen LogP contribution < -0.4 is 15.4 Å². The minimum Gasteiger partial charge on any atom is -0.497 e. The van der Waals surface area contributed by atoms with E-state index < -0.39 is 0 Å². The molecule has 8 nitrogen and oxygen atoms in total. The van der Waals surface area contributed by atoms with E-state index in [4.69, 9.17) is 9.72 Å². The van der Waals surface area contributed by atoms with E-state index in [-0.39, 0.29) is 5.69 Å². The number of hydrogen-bond acceptors (Lipinski definition) is 5. The Balaban J connectivity index is 1.58. The number of nitrogens with zero attached hydrogens (tertiary/aromatic N) is 5. The molecule has 4 heterocycles. The highest BCUT2D eigenvalue weighted by Crippen LogP contribution is 2.19. The van der Waals surface area contributed by atoms with E-state index in [0.717, 1.165) is 41.9 Å². The average molecular weight is 405 g/mol. The number of ether oxygens (including phenoxy) is 1. The van der Waals surface area contributed by atoms with E-state index in [1.165, 1.54) is 23.8 Å². The van der Waals surface area contributed by atoms with Crippen LogP contribution in [0.4, 0.5) is 0 Å². The lowest BCUT2D eigenvalue weighted by Gasteiger charge is -2.26. The average Bonchev–Trinajstić information content (AvgIpc) is 3.28. The first-order chi connectivity index (χ1) is 14.7. The fraction of sp³-hybridized carbons (Fsp3) is 0.364. The molecule has 0 saturated carbocycles. The summed E-state index contributed by atoms with van der Waals surface area (Å²) in [5.74, 6) is 0.786. The Kier molecular flexibility index (Phi) is 4.92. The Bertz CT molecular complexity index is 1240. The summed E-state index contributed by atoms with van der Waals surface area (Å²) in [5, 5.41) is 5.11. The van der Waals surface area contributed by atoms with E-state index in [0.29, 0.717) is 17.8 Å². The summed E-state index contributed by atoms with van der Waals surface area (Å²) in [7, 11) is 1.64. The number of hydrogen-bond donors (Lipinski definition) is 0. The Morgan fingerprint density at radius 3 is 2.63 bits per heavy atom. The predicted octanol–water partition coefficient (Wildman–Crippen LogP) is 1.90. The third-order valence-electron chi connectivity index (χ3n) is 5.79. The number of aromatic nitrogens is 5. The van der Waals surface area contributed by atoms with Gasteiger partial charge in [-0.05, 0) is 59.8 Å². The number of pyridine rings is 1. The van der Waals surface area contributed by atoms with Gasteiger partial charge in [0.1, 0.15) is 5.75 Å². The van der Waals surface area contributed by atoms with Crippen molar-refractivity contribution in [2.24, 2.45) is 0 Å². The van der Waals surface area contributed by atoms with Crippen molar-refractivity contribution < 1.29 is 9.72 Å². The zero-order valence-electron chi connectivity index (χ0n) is 17.0. The first kappa shape index (κ1) is 18.7. The Morgan fingerprint density at radius 2 is 1.87 bits per heavy atom. The van der Waals surface area contributed by atoms with Gasteiger partial charge >= 0.3 is 5.69 Å². The van der Waals surface area contributed by atoms with Crippen molar-refractivity contribution in [2.75, 3.05) is 20.2 Å². The van der Waals surface area contributed by atoms with E-state index in [2.05, 4.69) is 21.0 Å². The van der Waals surface area contributed by atoms with Gasteiger partial charge in [-0.15, -0.1) is 0 Å². The molecule has 1 aliphatic rings. The lowest BCUT2D eigenvalue weighted by Crippen LogP contribution is -2.30. The second kappa shape index (κ2) is 7.87. The molecule has 0 atom stereocenters. The van der Waals surface area contributed by atoms with Crippen LogP contribution in [0, 0.1) is 0 Å². The zero-order chi connectivity index (χ0) is 20.5. The SMILES string of the molecule is COc1ccc(Cn2c(=O)n3nc[nH+]c3c3cc(CN4CCCCC4)cnc32)cc1. The van der Waals surface area contributed by atoms with Gasteiger partial charge in [0.15, 0.2) is 5.65 Å². The summed E-state index contributed by atoms with van der Waals surface area (Å²) in [4.78, 5) is 23.4. The highest BCUT2D eigenvalue weighted by molar-refractivity contribution is 5.87. The number of benzene rings is 1. The fourth-order valence-corrected chi connectivity index (χ4v) is 4.22. The number of fused-ring (bicyclic) bond motifs is 3. The highest BCUT2D eigenvalue weighted by atomic mass is 16.5. The zero-order valence-corrected chi connectivity index (χ0v) is 17.0. The number of rotatable bonds is 5. The van der Waals surface area contributed by atoms with Crippen LogP contribution in [0.1, 0.15) is 30.4 Å². The fourth-order valence-electron chi connectivity index (χ4n) is 4.22. The van der Waals surface area contributed by atoms with Crippen LogP contribution >= 0.6 is 0 Å². The van der Waals surface area contributed by atoms with Gasteiger partial charge in [-0.1, -0.05) is 18.6 Å². The van der Waals surface area contributed by atoms with Gasteiger partial charge in [-0.3, -0.25) is 9.47 Å². The Labute approximate surface area is 173 Å². The maximum Gasteiger partial charge on any atom is 0.425 e. The number of H-pyrrole nitrogens is 1. The van der Waals surface area contributed by atoms with Crippen LogP contribution in [0.3, 0.4) is 0 Å². The molecule has 5 rings (SSSR count). The molecule has 0 aliphatic carbocycles. The maximum absolute atomic E-state index is 13.1. The minimum atomic E-state index is -0.217. The highest BCUT2D eigenvalue weighted by Gasteiger charge is 2.20. The van der Waals surface area contributed by atoms with Crippen LogP contribution in [0.2, 0.25) is 0 Å². The molecule has 30 heavy (non-hydrogen) atoms. The number of aromatic amines is 1. The quantitative estimate of drug-likeness (QED) is 0.507. The van der Waals surface area contributed by atoms with Gasteiger partial charge in [0.2, 0.25) is 0 Å². The largest absolute Gasteiger partial charge is 0.497 e. The van der Waals surface area contributed by atoms with Gasteiger partial charge in [0.25, 0.3) is 12.0 Å². The number of likely N-dealkylation sites (tertiary alicyclic amines) is 1. The third-order valence-corrected chi connectivity index (χ3v) is 5.79. The lowest BCUT2D eigenvalue weighted by molar-refractivity contribution is -0.345. The summed E-state index contributed by atoms with van der Waals surface area (Å²) in [6, 6.07) is 9.84. The lowest BCUT2D eigenvalue weighted by atomic mass is 10.1. The number of nitrogens with one attached hydrogen (secondary N) is 1. The summed E-state index contributed by atoms with van der Waals surface area (Å²) < 4.78 is 8.32. The van der Waals surface area contributed by atoms with Crippen LogP contribution in [0.25, 0.3) is 16.7 Å². The van der Waals surface area contributed by atoms with Gasteiger partial charge in [-0.2, -0.15) is 0 Å². The standard InChI is InChI=1S/C22H24N6O2/c1-30-18-7-5-16(6-8-18)14-27-20-19(21-24-15-25-28(21)22(27)29)11-17(12-23-20)13-26-9-3-2-4-10-26/h5-8,11-12,15H,2-4,9-10,13-14H2,1H3/p+1. The van der Waals surface area contributed by atoms with Crippen LogP contribution in [0.5, 0.6) is 5.75 Å². The monoisotopic (exact) mass is 405 g/mol. The second-order valence-corrected chi connectivity index (χ2v) is 7.82. The van der Waals surface area contributed by atoms with E-state index in [9.17, 15) is 4.79 Å². The maximum atomic E-state index is 13.1. The number of piperidine rings is 1. The minimum absolute atomic E-state index is 0.217. The van der Waals surface area contributed by atoms with Crippen molar-refractivity contribution in [1.82, 2.24) is 24.1 Å². The van der Waals surface area contributed by atoms with Gasteiger partial charge in [-0.25, -0.2) is 14.8 Å². The van der Waals surface area contributed by atoms with Crippen LogP contribution in [0.15, 0.2) is 47.7 Å². The molecule has 1 aliphatic heterocycles.